The van der Waals surface area contributed by atoms with E-state index in [4.69, 9.17) is 5.26 Å². The summed E-state index contributed by atoms with van der Waals surface area (Å²) in [7, 11) is 0. The van der Waals surface area contributed by atoms with E-state index in [0.717, 1.165) is 0 Å². The highest BCUT2D eigenvalue weighted by Gasteiger charge is 2.40. The van der Waals surface area contributed by atoms with Crippen LogP contribution in [0, 0.1) is 17.2 Å². The molecule has 0 aromatic rings. The molecule has 1 aliphatic carbocycles. The molecule has 0 spiro atoms. The smallest absolute Gasteiger partial charge is 0.288 e. The predicted octanol–water partition coefficient (Wildman–Crippen LogP) is 1.82. The second kappa shape index (κ2) is 2.70. The Labute approximate surface area is 61.6 Å². The number of nitrogens with zero attached hydrogens (tertiary/aromatic N) is 1. The maximum atomic E-state index is 11.5. The molecule has 5 heteroatoms. The van der Waals surface area contributed by atoms with Crippen molar-refractivity contribution in [1.29, 1.82) is 5.26 Å². The van der Waals surface area contributed by atoms with Crippen LogP contribution in [0.5, 0.6) is 0 Å². The molecule has 0 aromatic carbocycles. The van der Waals surface area contributed by atoms with E-state index in [2.05, 4.69) is 4.74 Å². The topological polar surface area (TPSA) is 33.0 Å². The minimum atomic E-state index is -4.55. The highest BCUT2D eigenvalue weighted by Crippen LogP contribution is 2.33. The Bertz CT molecular complexity index is 177. The molecular formula is C6H6F3NO. The van der Waals surface area contributed by atoms with Gasteiger partial charge in [0, 0.05) is 0 Å². The molecule has 62 valence electrons. The fourth-order valence-electron chi connectivity index (χ4n) is 0.956. The van der Waals surface area contributed by atoms with Crippen molar-refractivity contribution in [2.45, 2.75) is 25.3 Å². The van der Waals surface area contributed by atoms with Gasteiger partial charge in [0.05, 0.1) is 18.1 Å². The van der Waals surface area contributed by atoms with Gasteiger partial charge in [0.1, 0.15) is 0 Å². The van der Waals surface area contributed by atoms with Crippen LogP contribution in [0.1, 0.15) is 12.8 Å². The zero-order valence-electron chi connectivity index (χ0n) is 5.56. The number of halogens is 3. The number of rotatable bonds is 1. The first-order chi connectivity index (χ1) is 5.01. The van der Waals surface area contributed by atoms with Crippen LogP contribution in [0.25, 0.3) is 0 Å². The predicted molar refractivity (Wildman–Crippen MR) is 29.3 cm³/mol. The number of ether oxygens (including phenoxy) is 1. The van der Waals surface area contributed by atoms with Gasteiger partial charge in [-0.25, -0.2) is 0 Å². The highest BCUT2D eigenvalue weighted by molar-refractivity contribution is 4.94. The van der Waals surface area contributed by atoms with Gasteiger partial charge in [0.2, 0.25) is 0 Å². The van der Waals surface area contributed by atoms with Crippen LogP contribution in [0.15, 0.2) is 0 Å². The van der Waals surface area contributed by atoms with Gasteiger partial charge in [-0.15, -0.1) is 13.2 Å². The molecule has 1 saturated carbocycles. The molecule has 0 heterocycles. The van der Waals surface area contributed by atoms with Gasteiger partial charge in [0.15, 0.2) is 0 Å². The number of hydrogen-bond donors (Lipinski definition) is 0. The van der Waals surface area contributed by atoms with Crippen LogP contribution in [0.3, 0.4) is 0 Å². The van der Waals surface area contributed by atoms with Crippen molar-refractivity contribution in [2.24, 2.45) is 5.92 Å². The summed E-state index contributed by atoms with van der Waals surface area (Å²) in [5, 5.41) is 8.22. The van der Waals surface area contributed by atoms with E-state index in [0.29, 0.717) is 0 Å². The molecule has 0 aliphatic heterocycles. The van der Waals surface area contributed by atoms with Crippen LogP contribution in [-0.2, 0) is 4.74 Å². The Hall–Kier alpha value is -0.760. The highest BCUT2D eigenvalue weighted by atomic mass is 19.4. The maximum absolute atomic E-state index is 11.5. The minimum Gasteiger partial charge on any atom is -0.288 e. The molecule has 0 bridgehead atoms. The van der Waals surface area contributed by atoms with Gasteiger partial charge in [-0.2, -0.15) is 5.26 Å². The third kappa shape index (κ3) is 2.39. The zero-order valence-corrected chi connectivity index (χ0v) is 5.56. The number of alkyl halides is 3. The van der Waals surface area contributed by atoms with Gasteiger partial charge in [-0.1, -0.05) is 0 Å². The normalized spacial score (nSPS) is 30.7. The van der Waals surface area contributed by atoms with Crippen molar-refractivity contribution in [2.75, 3.05) is 0 Å². The van der Waals surface area contributed by atoms with E-state index in [-0.39, 0.29) is 18.8 Å². The standard InChI is InChI=1S/C6H6F3NO/c7-6(8,9)11-5-1-4(2-5)3-10/h4-5H,1-2H2. The molecule has 1 rings (SSSR count). The number of nitriles is 1. The van der Waals surface area contributed by atoms with Crippen molar-refractivity contribution in [3.8, 4) is 6.07 Å². The zero-order chi connectivity index (χ0) is 8.48. The summed E-state index contributed by atoms with van der Waals surface area (Å²) < 4.78 is 38.0. The molecule has 0 amide bonds. The quantitative estimate of drug-likeness (QED) is 0.593. The summed E-state index contributed by atoms with van der Waals surface area (Å²) in [5.74, 6) is -0.248. The Kier molecular flexibility index (Phi) is 2.05. The van der Waals surface area contributed by atoms with Crippen LogP contribution < -0.4 is 0 Å². The lowest BCUT2D eigenvalue weighted by atomic mass is 9.84. The minimum absolute atomic E-state index is 0.204. The van der Waals surface area contributed by atoms with Crippen molar-refractivity contribution in [3.63, 3.8) is 0 Å². The van der Waals surface area contributed by atoms with Crippen molar-refractivity contribution >= 4 is 0 Å². The molecular weight excluding hydrogens is 159 g/mol. The molecule has 0 atom stereocenters. The Morgan fingerprint density at radius 2 is 1.91 bits per heavy atom. The van der Waals surface area contributed by atoms with Crippen molar-refractivity contribution in [3.05, 3.63) is 0 Å². The van der Waals surface area contributed by atoms with E-state index in [1.165, 1.54) is 0 Å². The first-order valence-electron chi connectivity index (χ1n) is 3.15. The van der Waals surface area contributed by atoms with E-state index in [1.54, 1.807) is 0 Å². The van der Waals surface area contributed by atoms with Gasteiger partial charge in [0.25, 0.3) is 0 Å². The second-order valence-electron chi connectivity index (χ2n) is 2.48. The van der Waals surface area contributed by atoms with Gasteiger partial charge >= 0.3 is 6.36 Å². The van der Waals surface area contributed by atoms with Crippen LogP contribution in [-0.4, -0.2) is 12.5 Å². The molecule has 2 nitrogen and oxygen atoms in total. The number of hydrogen-bond acceptors (Lipinski definition) is 2. The van der Waals surface area contributed by atoms with Crippen molar-refractivity contribution < 1.29 is 17.9 Å². The lowest BCUT2D eigenvalue weighted by Crippen LogP contribution is -2.35. The monoisotopic (exact) mass is 165 g/mol. The average molecular weight is 165 g/mol. The first-order valence-corrected chi connectivity index (χ1v) is 3.15. The largest absolute Gasteiger partial charge is 0.522 e. The second-order valence-corrected chi connectivity index (χ2v) is 2.48. The van der Waals surface area contributed by atoms with Crippen LogP contribution >= 0.6 is 0 Å². The molecule has 0 radical (unpaired) electrons. The molecule has 0 N–H and O–H groups in total. The van der Waals surface area contributed by atoms with Crippen molar-refractivity contribution in [1.82, 2.24) is 0 Å². The van der Waals surface area contributed by atoms with Crippen LogP contribution in [0.2, 0.25) is 0 Å². The molecule has 1 aliphatic rings. The fourth-order valence-corrected chi connectivity index (χ4v) is 0.956. The lowest BCUT2D eigenvalue weighted by molar-refractivity contribution is -0.352. The van der Waals surface area contributed by atoms with E-state index >= 15 is 0 Å². The van der Waals surface area contributed by atoms with Gasteiger partial charge < -0.3 is 0 Å². The fraction of sp³-hybridized carbons (Fsp3) is 0.833. The Morgan fingerprint density at radius 3 is 2.27 bits per heavy atom. The summed E-state index contributed by atoms with van der Waals surface area (Å²) in [4.78, 5) is 0. The van der Waals surface area contributed by atoms with E-state index in [9.17, 15) is 13.2 Å². The molecule has 0 unspecified atom stereocenters. The van der Waals surface area contributed by atoms with Gasteiger partial charge in [-0.05, 0) is 12.8 Å². The Morgan fingerprint density at radius 1 is 1.36 bits per heavy atom. The lowest BCUT2D eigenvalue weighted by Gasteiger charge is -2.30. The molecule has 0 aromatic heterocycles. The van der Waals surface area contributed by atoms with E-state index in [1.807, 2.05) is 6.07 Å². The average Bonchev–Trinajstić information content (AvgIpc) is 1.75. The molecule has 0 saturated heterocycles. The van der Waals surface area contributed by atoms with E-state index < -0.39 is 12.5 Å². The Balaban J connectivity index is 2.20. The summed E-state index contributed by atoms with van der Waals surface area (Å²) in [6, 6.07) is 1.87. The SMILES string of the molecule is N#CC1CC(OC(F)(F)F)C1. The van der Waals surface area contributed by atoms with Crippen LogP contribution in [0.4, 0.5) is 13.2 Å². The summed E-state index contributed by atoms with van der Waals surface area (Å²) in [6.07, 6.45) is -4.93. The molecule has 11 heavy (non-hydrogen) atoms. The summed E-state index contributed by atoms with van der Waals surface area (Å²) in [6.45, 7) is 0. The van der Waals surface area contributed by atoms with Gasteiger partial charge in [-0.3, -0.25) is 4.74 Å². The first kappa shape index (κ1) is 8.34. The summed E-state index contributed by atoms with van der Waals surface area (Å²) >= 11 is 0. The molecule has 1 fully saturated rings. The third-order valence-corrected chi connectivity index (χ3v) is 1.58. The summed E-state index contributed by atoms with van der Waals surface area (Å²) in [5.41, 5.74) is 0. The maximum Gasteiger partial charge on any atom is 0.522 e. The third-order valence-electron chi connectivity index (χ3n) is 1.58.